The van der Waals surface area contributed by atoms with Gasteiger partial charge in [0.1, 0.15) is 0 Å². The zero-order valence-electron chi connectivity index (χ0n) is 10.2. The summed E-state index contributed by atoms with van der Waals surface area (Å²) in [5, 5.41) is 10.3. The van der Waals surface area contributed by atoms with Gasteiger partial charge in [-0.3, -0.25) is 0 Å². The number of para-hydroxylation sites is 1. The van der Waals surface area contributed by atoms with Crippen LogP contribution in [0.5, 0.6) is 0 Å². The maximum absolute atomic E-state index is 9.20. The molecule has 1 fully saturated rings. The summed E-state index contributed by atoms with van der Waals surface area (Å²) in [6.45, 7) is 3.29. The highest BCUT2D eigenvalue weighted by molar-refractivity contribution is 5.91. The van der Waals surface area contributed by atoms with Gasteiger partial charge in [-0.05, 0) is 12.1 Å². The minimum Gasteiger partial charge on any atom is -0.390 e. The fourth-order valence-electron chi connectivity index (χ4n) is 2.32. The lowest BCUT2D eigenvalue weighted by atomic mass is 10.1. The van der Waals surface area contributed by atoms with Crippen LogP contribution in [0.25, 0.3) is 10.9 Å². The Morgan fingerprint density at radius 1 is 1.17 bits per heavy atom. The first-order chi connectivity index (χ1) is 8.88. The highest BCUT2D eigenvalue weighted by atomic mass is 16.5. The van der Waals surface area contributed by atoms with E-state index < -0.39 is 0 Å². The molecule has 1 aliphatic rings. The number of anilines is 1. The Labute approximate surface area is 106 Å². The molecule has 0 amide bonds. The topological polar surface area (TPSA) is 45.6 Å². The molecule has 0 unspecified atom stereocenters. The van der Waals surface area contributed by atoms with E-state index in [1.807, 2.05) is 24.3 Å². The molecule has 0 radical (unpaired) electrons. The van der Waals surface area contributed by atoms with Crippen molar-refractivity contribution in [2.24, 2.45) is 0 Å². The van der Waals surface area contributed by atoms with Gasteiger partial charge in [-0.25, -0.2) is 4.98 Å². The van der Waals surface area contributed by atoms with Crippen LogP contribution in [0, 0.1) is 0 Å². The van der Waals surface area contributed by atoms with Crippen molar-refractivity contribution in [3.8, 4) is 0 Å². The quantitative estimate of drug-likeness (QED) is 0.871. The van der Waals surface area contributed by atoms with Crippen molar-refractivity contribution in [2.45, 2.75) is 6.61 Å². The molecule has 3 rings (SSSR count). The van der Waals surface area contributed by atoms with E-state index in [1.165, 1.54) is 0 Å². The van der Waals surface area contributed by atoms with Crippen LogP contribution >= 0.6 is 0 Å². The van der Waals surface area contributed by atoms with E-state index in [9.17, 15) is 5.11 Å². The zero-order chi connectivity index (χ0) is 12.4. The molecule has 0 saturated carbocycles. The molecule has 4 nitrogen and oxygen atoms in total. The Morgan fingerprint density at radius 2 is 2.00 bits per heavy atom. The van der Waals surface area contributed by atoms with Crippen molar-refractivity contribution in [1.29, 1.82) is 0 Å². The molecular weight excluding hydrogens is 228 g/mol. The molecule has 0 bridgehead atoms. The summed E-state index contributed by atoms with van der Waals surface area (Å²) in [4.78, 5) is 6.83. The van der Waals surface area contributed by atoms with Crippen LogP contribution in [0.3, 0.4) is 0 Å². The van der Waals surface area contributed by atoms with E-state index in [2.05, 4.69) is 16.0 Å². The highest BCUT2D eigenvalue weighted by Crippen LogP contribution is 2.26. The van der Waals surface area contributed by atoms with Gasteiger partial charge < -0.3 is 14.7 Å². The zero-order valence-corrected chi connectivity index (χ0v) is 10.2. The van der Waals surface area contributed by atoms with Gasteiger partial charge in [0.25, 0.3) is 0 Å². The fourth-order valence-corrected chi connectivity index (χ4v) is 2.32. The van der Waals surface area contributed by atoms with Gasteiger partial charge in [-0.2, -0.15) is 0 Å². The predicted octanol–water partition coefficient (Wildman–Crippen LogP) is 1.56. The van der Waals surface area contributed by atoms with Crippen molar-refractivity contribution in [2.75, 3.05) is 31.2 Å². The van der Waals surface area contributed by atoms with Gasteiger partial charge >= 0.3 is 0 Å². The van der Waals surface area contributed by atoms with Crippen LogP contribution in [-0.4, -0.2) is 36.4 Å². The second-order valence-corrected chi connectivity index (χ2v) is 4.41. The van der Waals surface area contributed by atoms with Gasteiger partial charge in [0.15, 0.2) is 0 Å². The van der Waals surface area contributed by atoms with Gasteiger partial charge in [-0.1, -0.05) is 18.2 Å². The molecule has 4 heteroatoms. The third kappa shape index (κ3) is 2.05. The first-order valence-electron chi connectivity index (χ1n) is 6.21. The molecule has 1 aromatic heterocycles. The lowest BCUT2D eigenvalue weighted by molar-refractivity contribution is 0.123. The summed E-state index contributed by atoms with van der Waals surface area (Å²) >= 11 is 0. The van der Waals surface area contributed by atoms with Gasteiger partial charge in [0.05, 0.1) is 36.7 Å². The summed E-state index contributed by atoms with van der Waals surface area (Å²) in [6.07, 6.45) is 0. The number of aliphatic hydroxyl groups is 1. The largest absolute Gasteiger partial charge is 0.390 e. The number of rotatable bonds is 2. The van der Waals surface area contributed by atoms with Crippen molar-refractivity contribution in [1.82, 2.24) is 4.98 Å². The predicted molar refractivity (Wildman–Crippen MR) is 70.7 cm³/mol. The van der Waals surface area contributed by atoms with Crippen LogP contribution in [0.2, 0.25) is 0 Å². The van der Waals surface area contributed by atoms with Crippen molar-refractivity contribution in [3.63, 3.8) is 0 Å². The molecule has 94 valence electrons. The third-order valence-electron chi connectivity index (χ3n) is 3.27. The third-order valence-corrected chi connectivity index (χ3v) is 3.27. The monoisotopic (exact) mass is 244 g/mol. The first kappa shape index (κ1) is 11.4. The number of benzene rings is 1. The summed E-state index contributed by atoms with van der Waals surface area (Å²) in [6, 6.07) is 10.1. The number of nitrogens with zero attached hydrogens (tertiary/aromatic N) is 2. The summed E-state index contributed by atoms with van der Waals surface area (Å²) < 4.78 is 5.38. The SMILES string of the molecule is OCc1ccc2cccc(N3CCOCC3)c2n1. The number of ether oxygens (including phenoxy) is 1. The molecule has 0 spiro atoms. The minimum absolute atomic E-state index is 0.0205. The minimum atomic E-state index is -0.0205. The molecule has 2 aromatic rings. The van der Waals surface area contributed by atoms with Gasteiger partial charge in [-0.15, -0.1) is 0 Å². The molecule has 1 aliphatic heterocycles. The summed E-state index contributed by atoms with van der Waals surface area (Å²) in [7, 11) is 0. The molecule has 1 saturated heterocycles. The fraction of sp³-hybridized carbons (Fsp3) is 0.357. The molecule has 2 heterocycles. The summed E-state index contributed by atoms with van der Waals surface area (Å²) in [5.41, 5.74) is 2.81. The average molecular weight is 244 g/mol. The number of aromatic nitrogens is 1. The second-order valence-electron chi connectivity index (χ2n) is 4.41. The Bertz CT molecular complexity index is 550. The van der Waals surface area contributed by atoms with Crippen LogP contribution in [0.15, 0.2) is 30.3 Å². The Hall–Kier alpha value is -1.65. The Kier molecular flexibility index (Phi) is 3.13. The number of aliphatic hydroxyl groups excluding tert-OH is 1. The normalized spacial score (nSPS) is 16.2. The molecule has 0 atom stereocenters. The number of hydrogen-bond acceptors (Lipinski definition) is 4. The van der Waals surface area contributed by atoms with Crippen LogP contribution in [-0.2, 0) is 11.3 Å². The molecule has 0 aliphatic carbocycles. The number of morpholine rings is 1. The van der Waals surface area contributed by atoms with Crippen LogP contribution in [0.1, 0.15) is 5.69 Å². The van der Waals surface area contributed by atoms with E-state index in [0.29, 0.717) is 5.69 Å². The van der Waals surface area contributed by atoms with E-state index in [4.69, 9.17) is 4.74 Å². The smallest absolute Gasteiger partial charge is 0.0939 e. The molecular formula is C14H16N2O2. The van der Waals surface area contributed by atoms with E-state index >= 15 is 0 Å². The van der Waals surface area contributed by atoms with Crippen molar-refractivity contribution >= 4 is 16.6 Å². The van der Waals surface area contributed by atoms with E-state index in [1.54, 1.807) is 0 Å². The van der Waals surface area contributed by atoms with Crippen molar-refractivity contribution in [3.05, 3.63) is 36.0 Å². The van der Waals surface area contributed by atoms with Crippen LogP contribution < -0.4 is 4.90 Å². The van der Waals surface area contributed by atoms with E-state index in [-0.39, 0.29) is 6.61 Å². The Balaban J connectivity index is 2.09. The number of hydrogen-bond donors (Lipinski definition) is 1. The van der Waals surface area contributed by atoms with Gasteiger partial charge in [0.2, 0.25) is 0 Å². The highest BCUT2D eigenvalue weighted by Gasteiger charge is 2.14. The average Bonchev–Trinajstić information content (AvgIpc) is 2.47. The second kappa shape index (κ2) is 4.92. The Morgan fingerprint density at radius 3 is 2.78 bits per heavy atom. The van der Waals surface area contributed by atoms with Gasteiger partial charge in [0, 0.05) is 18.5 Å². The van der Waals surface area contributed by atoms with Crippen molar-refractivity contribution < 1.29 is 9.84 Å². The lowest BCUT2D eigenvalue weighted by Gasteiger charge is -2.29. The maximum atomic E-state index is 9.20. The standard InChI is InChI=1S/C14H16N2O2/c17-10-12-5-4-11-2-1-3-13(14(11)15-12)16-6-8-18-9-7-16/h1-5,17H,6-10H2. The number of fused-ring (bicyclic) bond motifs is 1. The molecule has 18 heavy (non-hydrogen) atoms. The lowest BCUT2D eigenvalue weighted by Crippen LogP contribution is -2.36. The first-order valence-corrected chi connectivity index (χ1v) is 6.21. The maximum Gasteiger partial charge on any atom is 0.0939 e. The van der Waals surface area contributed by atoms with Crippen LogP contribution in [0.4, 0.5) is 5.69 Å². The van der Waals surface area contributed by atoms with E-state index in [0.717, 1.165) is 42.9 Å². The number of pyridine rings is 1. The summed E-state index contributed by atoms with van der Waals surface area (Å²) in [5.74, 6) is 0. The molecule has 1 N–H and O–H groups in total. The molecule has 1 aromatic carbocycles.